The van der Waals surface area contributed by atoms with Crippen molar-refractivity contribution in [2.75, 3.05) is 6.61 Å². The van der Waals surface area contributed by atoms with Crippen molar-refractivity contribution < 1.29 is 15.0 Å². The van der Waals surface area contributed by atoms with Crippen molar-refractivity contribution >= 4 is 5.78 Å². The van der Waals surface area contributed by atoms with Crippen LogP contribution in [0.25, 0.3) is 0 Å². The second-order valence-corrected chi connectivity index (χ2v) is 3.81. The lowest BCUT2D eigenvalue weighted by atomic mass is 9.61. The summed E-state index contributed by atoms with van der Waals surface area (Å²) in [6, 6.07) is 0. The Labute approximate surface area is 78.8 Å². The fourth-order valence-corrected chi connectivity index (χ4v) is 2.11. The fraction of sp³-hybridized carbons (Fsp3) is 0.900. The zero-order valence-corrected chi connectivity index (χ0v) is 8.12. The molecule has 0 heterocycles. The zero-order valence-electron chi connectivity index (χ0n) is 8.12. The Balaban J connectivity index is 2.63. The molecule has 1 atom stereocenters. The zero-order chi connectivity index (χ0) is 9.90. The van der Waals surface area contributed by atoms with Crippen LogP contribution in [0.15, 0.2) is 0 Å². The van der Waals surface area contributed by atoms with Gasteiger partial charge >= 0.3 is 0 Å². The molecule has 3 nitrogen and oxygen atoms in total. The minimum atomic E-state index is -0.640. The summed E-state index contributed by atoms with van der Waals surface area (Å²) in [5.74, 6) is 0.153. The topological polar surface area (TPSA) is 57.5 Å². The van der Waals surface area contributed by atoms with Crippen molar-refractivity contribution in [3.63, 3.8) is 0 Å². The van der Waals surface area contributed by atoms with Gasteiger partial charge in [-0.3, -0.25) is 4.79 Å². The summed E-state index contributed by atoms with van der Waals surface area (Å²) in [6.07, 6.45) is 2.78. The van der Waals surface area contributed by atoms with Gasteiger partial charge in [0.25, 0.3) is 0 Å². The normalized spacial score (nSPS) is 22.1. The van der Waals surface area contributed by atoms with E-state index in [0.717, 1.165) is 19.3 Å². The number of aliphatic hydroxyl groups excluding tert-OH is 2. The number of hydrogen-bond donors (Lipinski definition) is 2. The van der Waals surface area contributed by atoms with Crippen molar-refractivity contribution in [2.45, 2.75) is 45.1 Å². The van der Waals surface area contributed by atoms with E-state index in [2.05, 4.69) is 0 Å². The second-order valence-electron chi connectivity index (χ2n) is 3.81. The highest BCUT2D eigenvalue weighted by atomic mass is 16.3. The molecule has 1 saturated carbocycles. The van der Waals surface area contributed by atoms with Crippen LogP contribution in [0, 0.1) is 5.41 Å². The van der Waals surface area contributed by atoms with Gasteiger partial charge in [0.1, 0.15) is 5.78 Å². The molecule has 0 spiro atoms. The van der Waals surface area contributed by atoms with Crippen LogP contribution in [0.5, 0.6) is 0 Å². The smallest absolute Gasteiger partial charge is 0.141 e. The average molecular weight is 186 g/mol. The van der Waals surface area contributed by atoms with Crippen LogP contribution in [-0.4, -0.2) is 28.7 Å². The Morgan fingerprint density at radius 2 is 2.15 bits per heavy atom. The minimum absolute atomic E-state index is 0.0418. The first-order valence-corrected chi connectivity index (χ1v) is 4.99. The molecule has 1 aliphatic carbocycles. The third kappa shape index (κ3) is 1.76. The van der Waals surface area contributed by atoms with E-state index >= 15 is 0 Å². The molecule has 0 aromatic carbocycles. The van der Waals surface area contributed by atoms with E-state index in [1.54, 1.807) is 0 Å². The Bertz CT molecular complexity index is 185. The monoisotopic (exact) mass is 186 g/mol. The summed E-state index contributed by atoms with van der Waals surface area (Å²) >= 11 is 0. The first kappa shape index (κ1) is 10.7. The molecule has 0 saturated heterocycles. The summed E-state index contributed by atoms with van der Waals surface area (Å²) in [5, 5.41) is 18.4. The number of rotatable bonds is 5. The van der Waals surface area contributed by atoms with E-state index in [-0.39, 0.29) is 12.4 Å². The van der Waals surface area contributed by atoms with E-state index in [0.29, 0.717) is 12.8 Å². The fourth-order valence-electron chi connectivity index (χ4n) is 2.11. The maximum atomic E-state index is 11.6. The first-order chi connectivity index (χ1) is 6.17. The van der Waals surface area contributed by atoms with Gasteiger partial charge in [0.2, 0.25) is 0 Å². The quantitative estimate of drug-likeness (QED) is 0.670. The van der Waals surface area contributed by atoms with E-state index in [4.69, 9.17) is 5.11 Å². The summed E-state index contributed by atoms with van der Waals surface area (Å²) in [7, 11) is 0. The van der Waals surface area contributed by atoms with Gasteiger partial charge in [-0.25, -0.2) is 0 Å². The molecule has 3 heteroatoms. The van der Waals surface area contributed by atoms with Crippen molar-refractivity contribution in [3.8, 4) is 0 Å². The molecular weight excluding hydrogens is 168 g/mol. The summed E-state index contributed by atoms with van der Waals surface area (Å²) in [4.78, 5) is 11.6. The van der Waals surface area contributed by atoms with Gasteiger partial charge in [-0.15, -0.1) is 0 Å². The molecule has 76 valence electrons. The third-order valence-corrected chi connectivity index (χ3v) is 3.16. The van der Waals surface area contributed by atoms with Gasteiger partial charge in [-0.05, 0) is 19.3 Å². The Morgan fingerprint density at radius 3 is 2.46 bits per heavy atom. The maximum Gasteiger partial charge on any atom is 0.141 e. The molecule has 0 aromatic heterocycles. The number of aliphatic hydroxyl groups is 2. The van der Waals surface area contributed by atoms with E-state index in [1.807, 2.05) is 6.92 Å². The van der Waals surface area contributed by atoms with E-state index in [1.165, 1.54) is 0 Å². The molecule has 2 N–H and O–H groups in total. The van der Waals surface area contributed by atoms with Crippen LogP contribution in [0.1, 0.15) is 39.0 Å². The summed E-state index contributed by atoms with van der Waals surface area (Å²) in [5.41, 5.74) is -0.502. The predicted octanol–water partition coefficient (Wildman–Crippen LogP) is 0.879. The van der Waals surface area contributed by atoms with Crippen LogP contribution < -0.4 is 0 Å². The number of hydrogen-bond acceptors (Lipinski definition) is 3. The van der Waals surface area contributed by atoms with Crippen molar-refractivity contribution in [3.05, 3.63) is 0 Å². The summed E-state index contributed by atoms with van der Waals surface area (Å²) in [6.45, 7) is 1.79. The van der Waals surface area contributed by atoms with Crippen molar-refractivity contribution in [2.24, 2.45) is 5.41 Å². The molecule has 0 unspecified atom stereocenters. The van der Waals surface area contributed by atoms with Crippen LogP contribution in [0.3, 0.4) is 0 Å². The molecule has 0 bridgehead atoms. The van der Waals surface area contributed by atoms with Crippen LogP contribution in [-0.2, 0) is 4.79 Å². The van der Waals surface area contributed by atoms with Gasteiger partial charge in [0.05, 0.1) is 11.5 Å². The Morgan fingerprint density at radius 1 is 1.54 bits per heavy atom. The lowest BCUT2D eigenvalue weighted by molar-refractivity contribution is -0.144. The molecular formula is C10H18O3. The second kappa shape index (κ2) is 4.20. The van der Waals surface area contributed by atoms with E-state index in [9.17, 15) is 9.90 Å². The van der Waals surface area contributed by atoms with Crippen molar-refractivity contribution in [1.29, 1.82) is 0 Å². The average Bonchev–Trinajstić information content (AvgIpc) is 2.02. The molecule has 0 aromatic rings. The largest absolute Gasteiger partial charge is 0.396 e. The number of carbonyl (C=O) groups excluding carboxylic acids is 1. The maximum absolute atomic E-state index is 11.6. The van der Waals surface area contributed by atoms with Gasteiger partial charge in [-0.2, -0.15) is 0 Å². The summed E-state index contributed by atoms with van der Waals surface area (Å²) < 4.78 is 0. The molecule has 0 radical (unpaired) electrons. The minimum Gasteiger partial charge on any atom is -0.396 e. The molecule has 0 aliphatic heterocycles. The Kier molecular flexibility index (Phi) is 3.45. The number of carbonyl (C=O) groups is 1. The number of ketones is 1. The van der Waals surface area contributed by atoms with Gasteiger partial charge in [0.15, 0.2) is 0 Å². The van der Waals surface area contributed by atoms with Crippen LogP contribution in [0.2, 0.25) is 0 Å². The highest BCUT2D eigenvalue weighted by Crippen LogP contribution is 2.46. The molecule has 1 fully saturated rings. The highest BCUT2D eigenvalue weighted by molar-refractivity contribution is 5.86. The first-order valence-electron chi connectivity index (χ1n) is 4.99. The molecule has 1 aliphatic rings. The van der Waals surface area contributed by atoms with Crippen LogP contribution >= 0.6 is 0 Å². The third-order valence-electron chi connectivity index (χ3n) is 3.16. The standard InChI is InChI=1S/C10H18O3/c1-2-8(12)10(5-3-6-10)9(13)4-7-11/h9,11,13H,2-7H2,1H3/t9-/m0/s1. The van der Waals surface area contributed by atoms with Gasteiger partial charge < -0.3 is 10.2 Å². The lowest BCUT2D eigenvalue weighted by Crippen LogP contribution is -2.48. The van der Waals surface area contributed by atoms with Crippen molar-refractivity contribution in [1.82, 2.24) is 0 Å². The molecule has 0 amide bonds. The Hall–Kier alpha value is -0.410. The molecule has 1 rings (SSSR count). The van der Waals surface area contributed by atoms with Crippen LogP contribution in [0.4, 0.5) is 0 Å². The van der Waals surface area contributed by atoms with Gasteiger partial charge in [-0.1, -0.05) is 13.3 Å². The lowest BCUT2D eigenvalue weighted by Gasteiger charge is -2.43. The predicted molar refractivity (Wildman–Crippen MR) is 49.3 cm³/mol. The van der Waals surface area contributed by atoms with E-state index < -0.39 is 11.5 Å². The highest BCUT2D eigenvalue weighted by Gasteiger charge is 2.47. The SMILES string of the molecule is CCC(=O)C1([C@@H](O)CCO)CCC1. The molecule has 13 heavy (non-hydrogen) atoms. The van der Waals surface area contributed by atoms with Gasteiger partial charge in [0, 0.05) is 13.0 Å². The number of Topliss-reactive ketones (excluding diaryl/α,β-unsaturated/α-hetero) is 1.